The predicted molar refractivity (Wildman–Crippen MR) is 23.0 cm³/mol. The Labute approximate surface area is 47.1 Å². The minimum atomic E-state index is -0.380. The van der Waals surface area contributed by atoms with Crippen molar-refractivity contribution in [3.8, 4) is 0 Å². The molecule has 1 rings (SSSR count). The molecule has 0 N–H and O–H groups in total. The van der Waals surface area contributed by atoms with Gasteiger partial charge in [-0.1, -0.05) is 13.8 Å². The van der Waals surface area contributed by atoms with Gasteiger partial charge in [0.2, 0.25) is 6.29 Å². The fraction of sp³-hybridized carbons (Fsp3) is 1.00. The van der Waals surface area contributed by atoms with E-state index in [1.54, 1.807) is 0 Å². The van der Waals surface area contributed by atoms with Gasteiger partial charge in [-0.3, -0.25) is 0 Å². The molecule has 4 nitrogen and oxygen atoms in total. The third-order valence-corrected chi connectivity index (χ3v) is 0.840. The Hall–Kier alpha value is -0.160. The molecular weight excluding hydrogens is 112 g/mol. The summed E-state index contributed by atoms with van der Waals surface area (Å²) in [6.45, 7) is 3.87. The third kappa shape index (κ3) is 1.16. The van der Waals surface area contributed by atoms with Crippen LogP contribution in [0.5, 0.6) is 0 Å². The predicted octanol–water partition coefficient (Wildman–Crippen LogP) is 0.793. The highest BCUT2D eigenvalue weighted by molar-refractivity contribution is 4.44. The summed E-state index contributed by atoms with van der Waals surface area (Å²) >= 11 is 0. The average molecular weight is 120 g/mol. The highest BCUT2D eigenvalue weighted by atomic mass is 17.7. The van der Waals surface area contributed by atoms with E-state index in [9.17, 15) is 0 Å². The normalized spacial score (nSPS) is 22.9. The van der Waals surface area contributed by atoms with Crippen molar-refractivity contribution < 1.29 is 19.9 Å². The fourth-order valence-corrected chi connectivity index (χ4v) is 0.348. The molecule has 0 unspecified atom stereocenters. The van der Waals surface area contributed by atoms with Crippen molar-refractivity contribution in [1.29, 1.82) is 0 Å². The lowest BCUT2D eigenvalue weighted by Crippen LogP contribution is -2.14. The summed E-state index contributed by atoms with van der Waals surface area (Å²) in [7, 11) is 0. The van der Waals surface area contributed by atoms with Gasteiger partial charge in [0.1, 0.15) is 0 Å². The average Bonchev–Trinajstić information content (AvgIpc) is 2.12. The maximum absolute atomic E-state index is 4.47. The summed E-state index contributed by atoms with van der Waals surface area (Å²) in [5.41, 5.74) is 0. The third-order valence-electron chi connectivity index (χ3n) is 0.840. The number of hydrogen-bond donors (Lipinski definition) is 0. The van der Waals surface area contributed by atoms with Gasteiger partial charge >= 0.3 is 0 Å². The molecule has 0 amide bonds. The zero-order chi connectivity index (χ0) is 5.98. The SMILES string of the molecule is CC(C)C1OOOO1. The first-order valence-electron chi connectivity index (χ1n) is 2.46. The lowest BCUT2D eigenvalue weighted by molar-refractivity contribution is -0.532. The Morgan fingerprint density at radius 1 is 1.12 bits per heavy atom. The van der Waals surface area contributed by atoms with Gasteiger partial charge in [-0.05, 0) is 10.1 Å². The highest BCUT2D eigenvalue weighted by Crippen LogP contribution is 2.14. The van der Waals surface area contributed by atoms with Crippen molar-refractivity contribution in [1.82, 2.24) is 0 Å². The molecule has 0 saturated carbocycles. The van der Waals surface area contributed by atoms with Gasteiger partial charge in [0.25, 0.3) is 0 Å². The van der Waals surface area contributed by atoms with Gasteiger partial charge in [0.05, 0.1) is 0 Å². The van der Waals surface area contributed by atoms with Crippen molar-refractivity contribution in [2.45, 2.75) is 20.1 Å². The first-order valence-corrected chi connectivity index (χ1v) is 2.46. The molecule has 0 aromatic carbocycles. The summed E-state index contributed by atoms with van der Waals surface area (Å²) in [4.78, 5) is 8.94. The summed E-state index contributed by atoms with van der Waals surface area (Å²) in [6.07, 6.45) is -0.380. The van der Waals surface area contributed by atoms with E-state index in [0.29, 0.717) is 0 Å². The van der Waals surface area contributed by atoms with Gasteiger partial charge in [0, 0.05) is 5.92 Å². The van der Waals surface area contributed by atoms with E-state index in [1.165, 1.54) is 0 Å². The van der Waals surface area contributed by atoms with Crippen LogP contribution in [-0.4, -0.2) is 6.29 Å². The number of rotatable bonds is 1. The maximum Gasteiger partial charge on any atom is 0.233 e. The zero-order valence-corrected chi connectivity index (χ0v) is 4.79. The minimum absolute atomic E-state index is 0.248. The monoisotopic (exact) mass is 120 g/mol. The van der Waals surface area contributed by atoms with E-state index in [4.69, 9.17) is 0 Å². The van der Waals surface area contributed by atoms with Gasteiger partial charge in [-0.15, -0.1) is 0 Å². The smallest absolute Gasteiger partial charge is 0.168 e. The quantitative estimate of drug-likeness (QED) is 0.479. The van der Waals surface area contributed by atoms with Crippen LogP contribution in [0, 0.1) is 5.92 Å². The molecule has 8 heavy (non-hydrogen) atoms. The van der Waals surface area contributed by atoms with E-state index in [-0.39, 0.29) is 12.2 Å². The van der Waals surface area contributed by atoms with Crippen LogP contribution in [0.1, 0.15) is 13.8 Å². The molecule has 0 aliphatic carbocycles. The van der Waals surface area contributed by atoms with Crippen molar-refractivity contribution >= 4 is 0 Å². The van der Waals surface area contributed by atoms with Crippen LogP contribution < -0.4 is 0 Å². The molecule has 0 aromatic rings. The molecule has 1 saturated heterocycles. The summed E-state index contributed by atoms with van der Waals surface area (Å²) < 4.78 is 0. The molecular formula is C4H8O4. The van der Waals surface area contributed by atoms with Crippen molar-refractivity contribution in [2.24, 2.45) is 5.92 Å². The molecule has 1 aliphatic rings. The Morgan fingerprint density at radius 3 is 1.88 bits per heavy atom. The summed E-state index contributed by atoms with van der Waals surface area (Å²) in [6, 6.07) is 0. The second-order valence-corrected chi connectivity index (χ2v) is 1.94. The van der Waals surface area contributed by atoms with Crippen LogP contribution in [0.3, 0.4) is 0 Å². The Balaban J connectivity index is 2.24. The van der Waals surface area contributed by atoms with Crippen LogP contribution in [0.25, 0.3) is 0 Å². The molecule has 1 aliphatic heterocycles. The fourth-order valence-electron chi connectivity index (χ4n) is 0.348. The maximum atomic E-state index is 4.47. The Morgan fingerprint density at radius 2 is 1.62 bits per heavy atom. The number of hydrogen-bond acceptors (Lipinski definition) is 4. The van der Waals surface area contributed by atoms with Gasteiger partial charge in [0.15, 0.2) is 0 Å². The first-order chi connectivity index (χ1) is 3.80. The van der Waals surface area contributed by atoms with E-state index in [0.717, 1.165) is 0 Å². The van der Waals surface area contributed by atoms with E-state index >= 15 is 0 Å². The van der Waals surface area contributed by atoms with Crippen molar-refractivity contribution in [3.63, 3.8) is 0 Å². The van der Waals surface area contributed by atoms with Gasteiger partial charge in [-0.2, -0.15) is 9.78 Å². The Bertz CT molecular complexity index is 66.4. The van der Waals surface area contributed by atoms with E-state index in [1.807, 2.05) is 13.8 Å². The molecule has 0 radical (unpaired) electrons. The molecule has 0 aromatic heterocycles. The van der Waals surface area contributed by atoms with Crippen LogP contribution in [0.15, 0.2) is 0 Å². The van der Waals surface area contributed by atoms with Crippen LogP contribution in [-0.2, 0) is 19.9 Å². The van der Waals surface area contributed by atoms with Gasteiger partial charge in [-0.25, -0.2) is 0 Å². The van der Waals surface area contributed by atoms with Crippen LogP contribution in [0.2, 0.25) is 0 Å². The second-order valence-electron chi connectivity index (χ2n) is 1.94. The molecule has 4 heteroatoms. The van der Waals surface area contributed by atoms with Crippen LogP contribution >= 0.6 is 0 Å². The zero-order valence-electron chi connectivity index (χ0n) is 4.79. The summed E-state index contributed by atoms with van der Waals surface area (Å²) in [5, 5.41) is 7.99. The van der Waals surface area contributed by atoms with Crippen molar-refractivity contribution in [2.75, 3.05) is 0 Å². The van der Waals surface area contributed by atoms with E-state index in [2.05, 4.69) is 19.9 Å². The Kier molecular flexibility index (Phi) is 1.80. The van der Waals surface area contributed by atoms with Crippen molar-refractivity contribution in [3.05, 3.63) is 0 Å². The second kappa shape index (κ2) is 2.41. The molecule has 1 fully saturated rings. The minimum Gasteiger partial charge on any atom is -0.168 e. The lowest BCUT2D eigenvalue weighted by atomic mass is 10.2. The standard InChI is InChI=1S/C4H8O4/c1-3(2)4-5-7-8-6-4/h3-4H,1-2H3. The lowest BCUT2D eigenvalue weighted by Gasteiger charge is -2.03. The largest absolute Gasteiger partial charge is 0.233 e. The molecule has 0 bridgehead atoms. The molecule has 0 atom stereocenters. The van der Waals surface area contributed by atoms with Crippen LogP contribution in [0.4, 0.5) is 0 Å². The van der Waals surface area contributed by atoms with E-state index < -0.39 is 0 Å². The molecule has 1 heterocycles. The van der Waals surface area contributed by atoms with Gasteiger partial charge < -0.3 is 0 Å². The highest BCUT2D eigenvalue weighted by Gasteiger charge is 2.23. The molecule has 0 spiro atoms. The first kappa shape index (κ1) is 5.97. The summed E-state index contributed by atoms with van der Waals surface area (Å²) in [5.74, 6) is 0.248. The topological polar surface area (TPSA) is 36.9 Å². The molecule has 48 valence electrons.